The van der Waals surface area contributed by atoms with E-state index in [1.165, 1.54) is 0 Å². The summed E-state index contributed by atoms with van der Waals surface area (Å²) < 4.78 is 17.1. The molecule has 1 rings (SSSR count). The van der Waals surface area contributed by atoms with Crippen molar-refractivity contribution in [1.82, 2.24) is 4.90 Å². The van der Waals surface area contributed by atoms with Gasteiger partial charge in [0.1, 0.15) is 6.67 Å². The van der Waals surface area contributed by atoms with Gasteiger partial charge in [-0.05, 0) is 6.92 Å². The summed E-state index contributed by atoms with van der Waals surface area (Å²) in [4.78, 5) is 2.09. The number of nitrogens with zero attached hydrogens (tertiary/aromatic N) is 1. The molecule has 0 radical (unpaired) electrons. The Morgan fingerprint density at radius 3 is 3.10 bits per heavy atom. The Morgan fingerprint density at radius 2 is 2.50 bits per heavy atom. The van der Waals surface area contributed by atoms with E-state index in [2.05, 4.69) is 4.90 Å². The predicted octanol–water partition coefficient (Wildman–Crippen LogP) is 0.677. The van der Waals surface area contributed by atoms with Gasteiger partial charge in [-0.3, -0.25) is 4.90 Å². The highest BCUT2D eigenvalue weighted by molar-refractivity contribution is 4.66. The van der Waals surface area contributed by atoms with Gasteiger partial charge in [0.05, 0.1) is 12.7 Å². The molecule has 2 nitrogen and oxygen atoms in total. The Balaban J connectivity index is 2.18. The zero-order chi connectivity index (χ0) is 7.40. The number of halogens is 1. The van der Waals surface area contributed by atoms with Crippen LogP contribution in [-0.4, -0.2) is 43.9 Å². The lowest BCUT2D eigenvalue weighted by Gasteiger charge is -2.29. The Bertz CT molecular complexity index is 97.6. The Labute approximate surface area is 61.0 Å². The molecule has 0 spiro atoms. The zero-order valence-electron chi connectivity index (χ0n) is 6.35. The summed E-state index contributed by atoms with van der Waals surface area (Å²) in [5.41, 5.74) is 0. The van der Waals surface area contributed by atoms with E-state index in [0.717, 1.165) is 19.7 Å². The molecule has 0 saturated carbocycles. The van der Waals surface area contributed by atoms with Crippen LogP contribution in [-0.2, 0) is 4.74 Å². The lowest BCUT2D eigenvalue weighted by atomic mass is 10.3. The van der Waals surface area contributed by atoms with Crippen molar-refractivity contribution in [1.29, 1.82) is 0 Å². The highest BCUT2D eigenvalue weighted by Crippen LogP contribution is 2.02. The molecule has 1 saturated heterocycles. The van der Waals surface area contributed by atoms with Crippen LogP contribution in [0, 0.1) is 0 Å². The van der Waals surface area contributed by atoms with Crippen LogP contribution in [0.3, 0.4) is 0 Å². The summed E-state index contributed by atoms with van der Waals surface area (Å²) in [6, 6.07) is 0. The van der Waals surface area contributed by atoms with Gasteiger partial charge >= 0.3 is 0 Å². The molecule has 0 aromatic heterocycles. The fourth-order valence-electron chi connectivity index (χ4n) is 1.21. The molecule has 0 bridgehead atoms. The van der Waals surface area contributed by atoms with Crippen molar-refractivity contribution in [2.75, 3.05) is 32.9 Å². The van der Waals surface area contributed by atoms with E-state index in [-0.39, 0.29) is 12.8 Å². The first-order valence-electron chi connectivity index (χ1n) is 3.73. The minimum Gasteiger partial charge on any atom is -0.376 e. The topological polar surface area (TPSA) is 12.5 Å². The average molecular weight is 147 g/mol. The van der Waals surface area contributed by atoms with Crippen LogP contribution in [0.5, 0.6) is 0 Å². The second-order valence-electron chi connectivity index (χ2n) is 2.67. The first-order chi connectivity index (χ1) is 4.83. The molecule has 10 heavy (non-hydrogen) atoms. The summed E-state index contributed by atoms with van der Waals surface area (Å²) in [5, 5.41) is 0. The van der Waals surface area contributed by atoms with E-state index in [9.17, 15) is 4.39 Å². The van der Waals surface area contributed by atoms with Gasteiger partial charge in [0.2, 0.25) is 0 Å². The monoisotopic (exact) mass is 147 g/mol. The normalized spacial score (nSPS) is 28.8. The lowest BCUT2D eigenvalue weighted by molar-refractivity contribution is -0.0195. The van der Waals surface area contributed by atoms with Crippen molar-refractivity contribution in [3.63, 3.8) is 0 Å². The summed E-state index contributed by atoms with van der Waals surface area (Å²) in [6.07, 6.45) is 0.278. The third-order valence-electron chi connectivity index (χ3n) is 1.73. The Morgan fingerprint density at radius 1 is 1.70 bits per heavy atom. The molecule has 1 aliphatic rings. The van der Waals surface area contributed by atoms with Crippen molar-refractivity contribution in [2.24, 2.45) is 0 Å². The molecule has 0 aromatic carbocycles. The molecule has 1 atom stereocenters. The van der Waals surface area contributed by atoms with E-state index in [1.807, 2.05) is 6.92 Å². The van der Waals surface area contributed by atoms with Crippen molar-refractivity contribution < 1.29 is 9.13 Å². The molecular formula is C7H14FNO. The predicted molar refractivity (Wildman–Crippen MR) is 37.8 cm³/mol. The number of ether oxygens (including phenoxy) is 1. The first kappa shape index (κ1) is 7.95. The Kier molecular flexibility index (Phi) is 3.09. The minimum absolute atomic E-state index is 0.243. The first-order valence-corrected chi connectivity index (χ1v) is 3.73. The fourth-order valence-corrected chi connectivity index (χ4v) is 1.21. The quantitative estimate of drug-likeness (QED) is 0.569. The number of hydrogen-bond donors (Lipinski definition) is 0. The van der Waals surface area contributed by atoms with Crippen LogP contribution in [0.15, 0.2) is 0 Å². The zero-order valence-corrected chi connectivity index (χ0v) is 6.35. The molecule has 0 unspecified atom stereocenters. The summed E-state index contributed by atoms with van der Waals surface area (Å²) in [5.74, 6) is 0. The number of rotatable bonds is 2. The molecule has 0 amide bonds. The maximum atomic E-state index is 11.8. The molecule has 1 fully saturated rings. The summed E-state index contributed by atoms with van der Waals surface area (Å²) in [6.45, 7) is 4.85. The fraction of sp³-hybridized carbons (Fsp3) is 1.00. The smallest absolute Gasteiger partial charge is 0.102 e. The highest BCUT2D eigenvalue weighted by atomic mass is 19.1. The molecule has 0 aliphatic carbocycles. The van der Waals surface area contributed by atoms with E-state index < -0.39 is 0 Å². The van der Waals surface area contributed by atoms with Gasteiger partial charge in [-0.1, -0.05) is 0 Å². The van der Waals surface area contributed by atoms with E-state index in [0.29, 0.717) is 6.54 Å². The van der Waals surface area contributed by atoms with Gasteiger partial charge in [0, 0.05) is 19.6 Å². The van der Waals surface area contributed by atoms with Gasteiger partial charge in [-0.2, -0.15) is 0 Å². The molecule has 1 aliphatic heterocycles. The molecular weight excluding hydrogens is 133 g/mol. The van der Waals surface area contributed by atoms with E-state index in [1.54, 1.807) is 0 Å². The van der Waals surface area contributed by atoms with Crippen LogP contribution < -0.4 is 0 Å². The van der Waals surface area contributed by atoms with Crippen molar-refractivity contribution in [3.05, 3.63) is 0 Å². The van der Waals surface area contributed by atoms with Gasteiger partial charge in [0.15, 0.2) is 0 Å². The SMILES string of the molecule is C[C@@H]1CN(CCF)CCO1. The van der Waals surface area contributed by atoms with Crippen molar-refractivity contribution in [3.8, 4) is 0 Å². The van der Waals surface area contributed by atoms with E-state index in [4.69, 9.17) is 4.74 Å². The maximum absolute atomic E-state index is 11.8. The molecule has 60 valence electrons. The maximum Gasteiger partial charge on any atom is 0.102 e. The highest BCUT2D eigenvalue weighted by Gasteiger charge is 2.15. The van der Waals surface area contributed by atoms with Gasteiger partial charge in [-0.15, -0.1) is 0 Å². The molecule has 3 heteroatoms. The lowest BCUT2D eigenvalue weighted by Crippen LogP contribution is -2.41. The second kappa shape index (κ2) is 3.88. The minimum atomic E-state index is -0.243. The van der Waals surface area contributed by atoms with Crippen molar-refractivity contribution >= 4 is 0 Å². The van der Waals surface area contributed by atoms with Crippen LogP contribution in [0.4, 0.5) is 4.39 Å². The molecule has 0 N–H and O–H groups in total. The second-order valence-corrected chi connectivity index (χ2v) is 2.67. The van der Waals surface area contributed by atoms with Crippen LogP contribution in [0.1, 0.15) is 6.92 Å². The van der Waals surface area contributed by atoms with Gasteiger partial charge in [0.25, 0.3) is 0 Å². The van der Waals surface area contributed by atoms with Gasteiger partial charge < -0.3 is 4.74 Å². The van der Waals surface area contributed by atoms with E-state index >= 15 is 0 Å². The number of hydrogen-bond acceptors (Lipinski definition) is 2. The van der Waals surface area contributed by atoms with Crippen LogP contribution in [0.2, 0.25) is 0 Å². The molecule has 1 heterocycles. The summed E-state index contributed by atoms with van der Waals surface area (Å²) >= 11 is 0. The van der Waals surface area contributed by atoms with Crippen LogP contribution in [0.25, 0.3) is 0 Å². The van der Waals surface area contributed by atoms with Crippen molar-refractivity contribution in [2.45, 2.75) is 13.0 Å². The third-order valence-corrected chi connectivity index (χ3v) is 1.73. The number of morpholine rings is 1. The average Bonchev–Trinajstić information content (AvgIpc) is 1.88. The standard InChI is InChI=1S/C7H14FNO/c1-7-6-9(3-2-8)4-5-10-7/h7H,2-6H2,1H3/t7-/m1/s1. The third kappa shape index (κ3) is 2.23. The van der Waals surface area contributed by atoms with Gasteiger partial charge in [-0.25, -0.2) is 4.39 Å². The summed E-state index contributed by atoms with van der Waals surface area (Å²) in [7, 11) is 0. The number of alkyl halides is 1. The Hall–Kier alpha value is -0.150. The molecule has 0 aromatic rings. The largest absolute Gasteiger partial charge is 0.376 e. The van der Waals surface area contributed by atoms with Crippen LogP contribution >= 0.6 is 0 Å².